The highest BCUT2D eigenvalue weighted by Gasteiger charge is 2.30. The topological polar surface area (TPSA) is 128 Å². The number of hydrogen-bond acceptors (Lipinski definition) is 5. The van der Waals surface area contributed by atoms with Crippen LogP contribution in [-0.2, 0) is 20.8 Å². The van der Waals surface area contributed by atoms with Crippen molar-refractivity contribution in [3.8, 4) is 11.1 Å². The van der Waals surface area contributed by atoms with E-state index in [9.17, 15) is 19.5 Å². The van der Waals surface area contributed by atoms with Gasteiger partial charge in [-0.25, -0.2) is 5.48 Å². The van der Waals surface area contributed by atoms with Crippen LogP contribution in [0.1, 0.15) is 40.2 Å². The molecule has 8 nitrogen and oxygen atoms in total. The normalized spacial score (nSPS) is 13.3. The first-order chi connectivity index (χ1) is 15.2. The van der Waals surface area contributed by atoms with Crippen molar-refractivity contribution in [3.63, 3.8) is 0 Å². The molecule has 0 saturated carbocycles. The first kappa shape index (κ1) is 27.8. The maximum atomic E-state index is 12.7. The molecule has 0 radical (unpaired) electrons. The van der Waals surface area contributed by atoms with Crippen LogP contribution in [0.25, 0.3) is 11.1 Å². The molecule has 2 aromatic rings. The summed E-state index contributed by atoms with van der Waals surface area (Å²) < 4.78 is 0. The largest absolute Gasteiger partial charge is 0.391 e. The van der Waals surface area contributed by atoms with Crippen molar-refractivity contribution < 1.29 is 24.7 Å². The number of hydrogen-bond donors (Lipinski definition) is 5. The highest BCUT2D eigenvalue weighted by Crippen LogP contribution is 2.19. The van der Waals surface area contributed by atoms with Crippen molar-refractivity contribution >= 4 is 17.7 Å². The molecule has 0 aliphatic rings. The number of amides is 3. The molecule has 0 spiro atoms. The Morgan fingerprint density at radius 1 is 0.848 bits per heavy atom. The molecule has 0 bridgehead atoms. The standard InChI is InChI=1S/C24H31N3O5.CH4/c1-15(2)13-20(23(30)26-22(16(3)28)24(31)27-32)25-21(29)14-17-9-11-19(12-10-17)18-7-5-4-6-8-18;/h4-12,15-16,20,22,28,32H,13-14H2,1-3H3,(H,25,29)(H,26,30)(H,27,31);1H4/t16-,20+,22+;/m1./s1. The van der Waals surface area contributed by atoms with Gasteiger partial charge in [0.25, 0.3) is 5.91 Å². The van der Waals surface area contributed by atoms with Gasteiger partial charge in [0.1, 0.15) is 12.1 Å². The predicted molar refractivity (Wildman–Crippen MR) is 127 cm³/mol. The van der Waals surface area contributed by atoms with E-state index in [2.05, 4.69) is 10.6 Å². The molecule has 0 aliphatic carbocycles. The SMILES string of the molecule is C.CC(C)C[C@H](NC(=O)Cc1ccc(-c2ccccc2)cc1)C(=O)N[C@H](C(=O)NO)[C@@H](C)O. The van der Waals surface area contributed by atoms with Gasteiger partial charge in [0.05, 0.1) is 12.5 Å². The fourth-order valence-corrected chi connectivity index (χ4v) is 3.31. The Kier molecular flexibility index (Phi) is 11.2. The fourth-order valence-electron chi connectivity index (χ4n) is 3.31. The summed E-state index contributed by atoms with van der Waals surface area (Å²) in [6.07, 6.45) is -0.796. The van der Waals surface area contributed by atoms with E-state index in [1.807, 2.05) is 68.4 Å². The van der Waals surface area contributed by atoms with E-state index >= 15 is 0 Å². The molecule has 0 heterocycles. The van der Waals surface area contributed by atoms with Crippen molar-refractivity contribution in [2.45, 2.75) is 59.2 Å². The summed E-state index contributed by atoms with van der Waals surface area (Å²) in [6.45, 7) is 5.12. The van der Waals surface area contributed by atoms with Gasteiger partial charge in [-0.3, -0.25) is 19.6 Å². The maximum Gasteiger partial charge on any atom is 0.268 e. The number of carbonyl (C=O) groups excluding carboxylic acids is 3. The summed E-state index contributed by atoms with van der Waals surface area (Å²) >= 11 is 0. The van der Waals surface area contributed by atoms with Crippen LogP contribution in [0, 0.1) is 5.92 Å². The Hall–Kier alpha value is -3.23. The van der Waals surface area contributed by atoms with Crippen LogP contribution in [0.3, 0.4) is 0 Å². The lowest BCUT2D eigenvalue weighted by molar-refractivity contribution is -0.138. The molecular formula is C25H35N3O5. The first-order valence-corrected chi connectivity index (χ1v) is 10.6. The highest BCUT2D eigenvalue weighted by atomic mass is 16.5. The van der Waals surface area contributed by atoms with Gasteiger partial charge in [0, 0.05) is 0 Å². The van der Waals surface area contributed by atoms with Gasteiger partial charge in [-0.05, 0) is 36.0 Å². The van der Waals surface area contributed by atoms with E-state index in [4.69, 9.17) is 5.21 Å². The third-order valence-electron chi connectivity index (χ3n) is 4.96. The second-order valence-corrected chi connectivity index (χ2v) is 8.19. The zero-order valence-corrected chi connectivity index (χ0v) is 18.5. The van der Waals surface area contributed by atoms with E-state index < -0.39 is 30.0 Å². The molecule has 180 valence electrons. The zero-order valence-electron chi connectivity index (χ0n) is 18.5. The van der Waals surface area contributed by atoms with Crippen molar-refractivity contribution in [2.75, 3.05) is 0 Å². The van der Waals surface area contributed by atoms with E-state index in [1.165, 1.54) is 12.4 Å². The highest BCUT2D eigenvalue weighted by molar-refractivity contribution is 5.92. The van der Waals surface area contributed by atoms with Gasteiger partial charge in [0.15, 0.2) is 0 Å². The van der Waals surface area contributed by atoms with E-state index in [1.54, 1.807) is 0 Å². The minimum Gasteiger partial charge on any atom is -0.391 e. The molecule has 0 saturated heterocycles. The van der Waals surface area contributed by atoms with Crippen molar-refractivity contribution in [1.82, 2.24) is 16.1 Å². The van der Waals surface area contributed by atoms with Crippen LogP contribution in [0.5, 0.6) is 0 Å². The van der Waals surface area contributed by atoms with Crippen LogP contribution < -0.4 is 16.1 Å². The second kappa shape index (κ2) is 13.3. The van der Waals surface area contributed by atoms with Crippen LogP contribution >= 0.6 is 0 Å². The van der Waals surface area contributed by atoms with Gasteiger partial charge in [0.2, 0.25) is 11.8 Å². The Morgan fingerprint density at radius 2 is 1.42 bits per heavy atom. The van der Waals surface area contributed by atoms with E-state index in [0.29, 0.717) is 6.42 Å². The summed E-state index contributed by atoms with van der Waals surface area (Å²) in [5, 5.41) is 23.7. The Balaban J connectivity index is 0.00000544. The molecule has 3 atom stereocenters. The van der Waals surface area contributed by atoms with Crippen LogP contribution in [0.15, 0.2) is 54.6 Å². The van der Waals surface area contributed by atoms with Crippen molar-refractivity contribution in [1.29, 1.82) is 0 Å². The molecule has 0 aromatic heterocycles. The van der Waals surface area contributed by atoms with E-state index in [0.717, 1.165) is 16.7 Å². The Labute approximate surface area is 195 Å². The van der Waals surface area contributed by atoms with Gasteiger partial charge in [-0.2, -0.15) is 0 Å². The summed E-state index contributed by atoms with van der Waals surface area (Å²) in [5.41, 5.74) is 4.34. The third kappa shape index (κ3) is 8.67. The third-order valence-corrected chi connectivity index (χ3v) is 4.96. The number of aliphatic hydroxyl groups is 1. The molecule has 5 N–H and O–H groups in total. The van der Waals surface area contributed by atoms with Crippen molar-refractivity contribution in [2.24, 2.45) is 5.92 Å². The average Bonchev–Trinajstić information content (AvgIpc) is 2.76. The number of rotatable bonds is 10. The van der Waals surface area contributed by atoms with Gasteiger partial charge >= 0.3 is 0 Å². The van der Waals surface area contributed by atoms with Crippen LogP contribution in [0.2, 0.25) is 0 Å². The molecule has 0 fully saturated rings. The monoisotopic (exact) mass is 457 g/mol. The second-order valence-electron chi connectivity index (χ2n) is 8.19. The molecule has 0 aliphatic heterocycles. The number of nitrogens with one attached hydrogen (secondary N) is 3. The summed E-state index contributed by atoms with van der Waals surface area (Å²) in [7, 11) is 0. The van der Waals surface area contributed by atoms with Crippen molar-refractivity contribution in [3.05, 3.63) is 60.2 Å². The summed E-state index contributed by atoms with van der Waals surface area (Å²) in [6, 6.07) is 15.3. The van der Waals surface area contributed by atoms with Gasteiger partial charge in [-0.1, -0.05) is 75.9 Å². The smallest absolute Gasteiger partial charge is 0.268 e. The molecule has 8 heteroatoms. The van der Waals surface area contributed by atoms with Crippen LogP contribution in [-0.4, -0.2) is 46.2 Å². The summed E-state index contributed by atoms with van der Waals surface area (Å²) in [4.78, 5) is 37.0. The molecule has 2 rings (SSSR count). The minimum atomic E-state index is -1.34. The lowest BCUT2D eigenvalue weighted by Crippen LogP contribution is -2.57. The number of carbonyl (C=O) groups is 3. The van der Waals surface area contributed by atoms with E-state index in [-0.39, 0.29) is 25.7 Å². The van der Waals surface area contributed by atoms with Gasteiger partial charge in [-0.15, -0.1) is 0 Å². The van der Waals surface area contributed by atoms with Gasteiger partial charge < -0.3 is 15.7 Å². The molecule has 33 heavy (non-hydrogen) atoms. The first-order valence-electron chi connectivity index (χ1n) is 10.6. The average molecular weight is 458 g/mol. The van der Waals surface area contributed by atoms with Crippen LogP contribution in [0.4, 0.5) is 0 Å². The Bertz CT molecular complexity index is 898. The molecular weight excluding hydrogens is 422 g/mol. The molecule has 3 amide bonds. The molecule has 2 aromatic carbocycles. The Morgan fingerprint density at radius 3 is 1.94 bits per heavy atom. The lowest BCUT2D eigenvalue weighted by Gasteiger charge is -2.24. The number of hydroxylamine groups is 1. The maximum absolute atomic E-state index is 12.7. The number of aliphatic hydroxyl groups excluding tert-OH is 1. The minimum absolute atomic E-state index is 0. The molecule has 0 unspecified atom stereocenters. The fraction of sp³-hybridized carbons (Fsp3) is 0.400. The summed E-state index contributed by atoms with van der Waals surface area (Å²) in [5.74, 6) is -1.80. The zero-order chi connectivity index (χ0) is 23.7. The predicted octanol–water partition coefficient (Wildman–Crippen LogP) is 2.43. The lowest BCUT2D eigenvalue weighted by atomic mass is 10.0. The number of benzene rings is 2. The quantitative estimate of drug-likeness (QED) is 0.277.